The molecule has 0 aliphatic heterocycles. The maximum Gasteiger partial charge on any atom is 0.335 e. The number of hydrogen-bond acceptors (Lipinski definition) is 1. The number of carboxylic acids is 1. The summed E-state index contributed by atoms with van der Waals surface area (Å²) in [4.78, 5) is 10.2. The minimum atomic E-state index is -0.879. The predicted octanol–water partition coefficient (Wildman–Crippen LogP) is 3.54. The average Bonchev–Trinajstić information content (AvgIpc) is 2.31. The number of carbonyl (C=O) groups is 1. The summed E-state index contributed by atoms with van der Waals surface area (Å²) in [5.41, 5.74) is 0.331. The molecule has 1 N–H and O–H groups in total. The van der Waals surface area contributed by atoms with Gasteiger partial charge in [0.05, 0.1) is 5.56 Å². The standard InChI is InChI=1S/C7H6O2.C6H13.Na/c8-7(9)6-4-2-1-3-5-6;1-3-5-6-4-2;/h1-5H,(H,8,9);5H,3-4,6H2,1-2H3;. The van der Waals surface area contributed by atoms with Crippen molar-refractivity contribution in [3.8, 4) is 0 Å². The van der Waals surface area contributed by atoms with Gasteiger partial charge in [0, 0.05) is 0 Å². The molecule has 1 aromatic rings. The SMILES string of the molecule is CCC[CH]([Na])CC.O=C(O)c1ccccc1. The molecule has 0 spiro atoms. The third-order valence-corrected chi connectivity index (χ3v) is 3.89. The second kappa shape index (κ2) is 9.88. The molecule has 0 amide bonds. The molecule has 1 aromatic carbocycles. The normalized spacial score (nSPS) is 11.2. The zero-order valence-electron chi connectivity index (χ0n) is 10.4. The van der Waals surface area contributed by atoms with E-state index < -0.39 is 5.97 Å². The fraction of sp³-hybridized carbons (Fsp3) is 0.462. The van der Waals surface area contributed by atoms with E-state index >= 15 is 0 Å². The number of rotatable bonds is 4. The van der Waals surface area contributed by atoms with Crippen molar-refractivity contribution in [2.24, 2.45) is 0 Å². The van der Waals surface area contributed by atoms with Crippen LogP contribution >= 0.6 is 0 Å². The fourth-order valence-electron chi connectivity index (χ4n) is 1.28. The first-order valence-electron chi connectivity index (χ1n) is 5.90. The Bertz CT molecular complexity index is 285. The van der Waals surface area contributed by atoms with Crippen molar-refractivity contribution in [2.45, 2.75) is 36.3 Å². The van der Waals surface area contributed by atoms with Gasteiger partial charge in [-0.3, -0.25) is 0 Å². The van der Waals surface area contributed by atoms with Gasteiger partial charge in [0.15, 0.2) is 0 Å². The molecule has 1 unspecified atom stereocenters. The van der Waals surface area contributed by atoms with Crippen molar-refractivity contribution in [1.82, 2.24) is 0 Å². The van der Waals surface area contributed by atoms with E-state index in [1.165, 1.54) is 47.2 Å². The smallest absolute Gasteiger partial charge is 0.335 e. The molecule has 1 rings (SSSR count). The van der Waals surface area contributed by atoms with Crippen LogP contribution in [-0.2, 0) is 0 Å². The van der Waals surface area contributed by atoms with Gasteiger partial charge in [-0.2, -0.15) is 0 Å². The quantitative estimate of drug-likeness (QED) is 0.803. The van der Waals surface area contributed by atoms with E-state index in [2.05, 4.69) is 13.8 Å². The zero-order valence-corrected chi connectivity index (χ0v) is 12.4. The van der Waals surface area contributed by atoms with E-state index in [0.717, 1.165) is 3.17 Å². The van der Waals surface area contributed by atoms with Gasteiger partial charge in [0.25, 0.3) is 0 Å². The van der Waals surface area contributed by atoms with Gasteiger partial charge in [0.2, 0.25) is 0 Å². The maximum atomic E-state index is 10.2. The molecule has 0 saturated carbocycles. The Labute approximate surface area is 115 Å². The summed E-state index contributed by atoms with van der Waals surface area (Å²) in [7, 11) is 0. The van der Waals surface area contributed by atoms with Gasteiger partial charge in [-0.25, -0.2) is 4.79 Å². The van der Waals surface area contributed by atoms with Crippen LogP contribution in [0.1, 0.15) is 43.5 Å². The monoisotopic (exact) mass is 230 g/mol. The second-order valence-electron chi connectivity index (χ2n) is 3.97. The van der Waals surface area contributed by atoms with Crippen molar-refractivity contribution >= 4 is 33.9 Å². The zero-order chi connectivity index (χ0) is 12.4. The van der Waals surface area contributed by atoms with Crippen LogP contribution in [0.15, 0.2) is 30.3 Å². The molecule has 84 valence electrons. The molecular formula is C13H19NaO2. The van der Waals surface area contributed by atoms with Crippen molar-refractivity contribution < 1.29 is 9.90 Å². The minimum Gasteiger partial charge on any atom is -0.478 e. The van der Waals surface area contributed by atoms with Crippen LogP contribution in [0.4, 0.5) is 0 Å². The second-order valence-corrected chi connectivity index (χ2v) is 5.61. The van der Waals surface area contributed by atoms with Gasteiger partial charge in [-0.15, -0.1) is 0 Å². The molecular weight excluding hydrogens is 211 g/mol. The summed E-state index contributed by atoms with van der Waals surface area (Å²) >= 11 is 1.40. The molecule has 0 aliphatic carbocycles. The number of hydrogen-bond donors (Lipinski definition) is 1. The third kappa shape index (κ3) is 7.91. The van der Waals surface area contributed by atoms with E-state index in [0.29, 0.717) is 5.56 Å². The summed E-state index contributed by atoms with van der Waals surface area (Å²) in [6.07, 6.45) is 4.24. The first-order chi connectivity index (χ1) is 7.61. The Hall–Kier alpha value is -0.310. The van der Waals surface area contributed by atoms with E-state index in [9.17, 15) is 4.79 Å². The van der Waals surface area contributed by atoms with Gasteiger partial charge in [-0.1, -0.05) is 18.2 Å². The molecule has 3 heteroatoms. The summed E-state index contributed by atoms with van der Waals surface area (Å²) in [5, 5.41) is 8.38. The van der Waals surface area contributed by atoms with E-state index in [1.54, 1.807) is 30.3 Å². The maximum absolute atomic E-state index is 10.2. The number of carboxylic acid groups (broad SMARTS) is 1. The first-order valence-corrected chi connectivity index (χ1v) is 7.05. The Morgan fingerprint density at radius 3 is 2.12 bits per heavy atom. The van der Waals surface area contributed by atoms with Gasteiger partial charge in [0.1, 0.15) is 0 Å². The molecule has 0 aromatic heterocycles. The van der Waals surface area contributed by atoms with Crippen LogP contribution in [0, 0.1) is 0 Å². The van der Waals surface area contributed by atoms with Crippen LogP contribution in [0.5, 0.6) is 0 Å². The number of aromatic carboxylic acids is 1. The Morgan fingerprint density at radius 1 is 1.31 bits per heavy atom. The Morgan fingerprint density at radius 2 is 1.88 bits per heavy atom. The molecule has 1 atom stereocenters. The van der Waals surface area contributed by atoms with E-state index in [-0.39, 0.29) is 0 Å². The van der Waals surface area contributed by atoms with Crippen LogP contribution in [0.3, 0.4) is 0 Å². The fourth-order valence-corrected chi connectivity index (χ4v) is 1.86. The number of benzene rings is 1. The van der Waals surface area contributed by atoms with Crippen molar-refractivity contribution in [3.63, 3.8) is 0 Å². The molecule has 0 bridgehead atoms. The van der Waals surface area contributed by atoms with Gasteiger partial charge < -0.3 is 5.11 Å². The van der Waals surface area contributed by atoms with Crippen molar-refractivity contribution in [2.75, 3.05) is 0 Å². The van der Waals surface area contributed by atoms with Crippen molar-refractivity contribution in [1.29, 1.82) is 0 Å². The molecule has 0 heterocycles. The van der Waals surface area contributed by atoms with E-state index in [4.69, 9.17) is 5.11 Å². The Kier molecular flexibility index (Phi) is 9.69. The van der Waals surface area contributed by atoms with Crippen molar-refractivity contribution in [3.05, 3.63) is 35.9 Å². The largest absolute Gasteiger partial charge is 0.478 e. The summed E-state index contributed by atoms with van der Waals surface area (Å²) in [5.74, 6) is -0.879. The minimum absolute atomic E-state index is 0.331. The predicted molar refractivity (Wildman–Crippen MR) is 68.1 cm³/mol. The molecule has 0 saturated heterocycles. The molecule has 2 nitrogen and oxygen atoms in total. The first kappa shape index (κ1) is 15.7. The molecule has 0 radical (unpaired) electrons. The van der Waals surface area contributed by atoms with Crippen LogP contribution in [0.25, 0.3) is 0 Å². The van der Waals surface area contributed by atoms with Crippen LogP contribution in [-0.4, -0.2) is 39.0 Å². The molecule has 16 heavy (non-hydrogen) atoms. The molecule has 0 aliphatic rings. The summed E-state index contributed by atoms with van der Waals surface area (Å²) in [6, 6.07) is 8.30. The Balaban J connectivity index is 0.000000293. The van der Waals surface area contributed by atoms with Crippen LogP contribution in [0.2, 0.25) is 3.17 Å². The topological polar surface area (TPSA) is 37.3 Å². The molecule has 0 fully saturated rings. The van der Waals surface area contributed by atoms with Gasteiger partial charge >= 0.3 is 70.2 Å². The van der Waals surface area contributed by atoms with E-state index in [1.807, 2.05) is 0 Å². The average molecular weight is 230 g/mol. The van der Waals surface area contributed by atoms with Gasteiger partial charge in [-0.05, 0) is 12.1 Å². The third-order valence-electron chi connectivity index (χ3n) is 2.50. The van der Waals surface area contributed by atoms with Crippen LogP contribution < -0.4 is 0 Å². The summed E-state index contributed by atoms with van der Waals surface area (Å²) in [6.45, 7) is 4.55. The summed E-state index contributed by atoms with van der Waals surface area (Å²) < 4.78 is 1.09.